The monoisotopic (exact) mass is 820 g/mol. The first-order valence-electron chi connectivity index (χ1n) is 21.6. The fourth-order valence-corrected chi connectivity index (χ4v) is 6.10. The number of hydrogen-bond donors (Lipinski definition) is 4. The molecule has 3 amide bonds. The molecule has 1 rings (SSSR count). The molecule has 1 aromatic carbocycles. The summed E-state index contributed by atoms with van der Waals surface area (Å²) in [5.74, 6) is -1.71. The number of nitrogens with one attached hydrogen (secondary N) is 2. The maximum atomic E-state index is 12.2. The Labute approximate surface area is 346 Å². The molecule has 58 heavy (non-hydrogen) atoms. The molecule has 14 heteroatoms. The maximum Gasteiger partial charge on any atom is 0.303 e. The van der Waals surface area contributed by atoms with Crippen molar-refractivity contribution in [3.8, 4) is 0 Å². The molecule has 0 aromatic heterocycles. The van der Waals surface area contributed by atoms with Gasteiger partial charge in [0.15, 0.2) is 5.78 Å². The smallest absolute Gasteiger partial charge is 0.303 e. The Morgan fingerprint density at radius 2 is 1.05 bits per heavy atom. The van der Waals surface area contributed by atoms with Gasteiger partial charge in [-0.2, -0.15) is 0 Å². The molecule has 0 aliphatic rings. The van der Waals surface area contributed by atoms with Gasteiger partial charge in [0.25, 0.3) is 5.91 Å². The van der Waals surface area contributed by atoms with Gasteiger partial charge in [-0.15, -0.1) is 0 Å². The molecule has 0 heterocycles. The summed E-state index contributed by atoms with van der Waals surface area (Å²) in [6.07, 6.45) is 18.1. The number of carboxylic acid groups (broad SMARTS) is 1. The van der Waals surface area contributed by atoms with E-state index in [9.17, 15) is 28.8 Å². The van der Waals surface area contributed by atoms with E-state index < -0.39 is 23.8 Å². The summed E-state index contributed by atoms with van der Waals surface area (Å²) >= 11 is 0. The molecule has 0 fully saturated rings. The van der Waals surface area contributed by atoms with E-state index in [4.69, 9.17) is 29.8 Å². The maximum absolute atomic E-state index is 12.2. The molecule has 0 saturated carbocycles. The number of primary amides is 1. The molecule has 0 bridgehead atoms. The van der Waals surface area contributed by atoms with Crippen LogP contribution in [0.3, 0.4) is 0 Å². The fraction of sp³-hybridized carbons (Fsp3) is 0.727. The van der Waals surface area contributed by atoms with Crippen LogP contribution in [0.2, 0.25) is 0 Å². The van der Waals surface area contributed by atoms with Gasteiger partial charge in [0.2, 0.25) is 11.8 Å². The van der Waals surface area contributed by atoms with Crippen molar-refractivity contribution >= 4 is 35.3 Å². The van der Waals surface area contributed by atoms with Gasteiger partial charge in [-0.3, -0.25) is 28.8 Å². The van der Waals surface area contributed by atoms with E-state index in [2.05, 4.69) is 10.6 Å². The highest BCUT2D eigenvalue weighted by molar-refractivity contribution is 5.94. The molecule has 1 unspecified atom stereocenters. The number of Topliss-reactive ketones (excluding diaryl/α,β-unsaturated/α-hetero) is 2. The number of benzene rings is 1. The summed E-state index contributed by atoms with van der Waals surface area (Å²) in [6.45, 7) is 4.10. The van der Waals surface area contributed by atoms with E-state index in [1.165, 1.54) is 44.9 Å². The minimum Gasteiger partial charge on any atom is -0.481 e. The van der Waals surface area contributed by atoms with Crippen LogP contribution in [-0.4, -0.2) is 106 Å². The van der Waals surface area contributed by atoms with Crippen LogP contribution in [-0.2, 0) is 42.9 Å². The van der Waals surface area contributed by atoms with Gasteiger partial charge in [-0.25, -0.2) is 0 Å². The predicted octanol–water partition coefficient (Wildman–Crippen LogP) is 6.18. The summed E-state index contributed by atoms with van der Waals surface area (Å²) in [6, 6.07) is 6.45. The number of nitrogens with two attached hydrogens (primary N) is 1. The summed E-state index contributed by atoms with van der Waals surface area (Å²) in [7, 11) is 0. The standard InChI is InChI=1S/C44H73N3O11/c1-36-23-25-37(26-24-36)44(54)46-27-15-14-21-40(43(45)53)47-41(50)35-58-33-31-56-29-17-20-39(49)34-57-32-30-55-28-16-19-38(48)18-12-10-8-6-4-2-3-5-7-9-11-13-22-42(51)52/h23-26,40H,2-22,27-35H2,1H3,(H2,45,53)(H,46,54)(H,47,50)(H,51,52). The Morgan fingerprint density at radius 1 is 0.569 bits per heavy atom. The van der Waals surface area contributed by atoms with E-state index in [-0.39, 0.29) is 50.3 Å². The predicted molar refractivity (Wildman–Crippen MR) is 223 cm³/mol. The molecule has 14 nitrogen and oxygen atoms in total. The number of carbonyl (C=O) groups is 6. The van der Waals surface area contributed by atoms with Crippen LogP contribution in [0.1, 0.15) is 151 Å². The number of ketones is 2. The molecule has 330 valence electrons. The van der Waals surface area contributed by atoms with Gasteiger partial charge in [0.05, 0.1) is 26.4 Å². The molecule has 1 atom stereocenters. The van der Waals surface area contributed by atoms with Crippen molar-refractivity contribution in [1.29, 1.82) is 0 Å². The van der Waals surface area contributed by atoms with Crippen molar-refractivity contribution in [2.24, 2.45) is 5.73 Å². The molecule has 0 saturated heterocycles. The molecule has 1 aromatic rings. The zero-order chi connectivity index (χ0) is 42.5. The quantitative estimate of drug-likeness (QED) is 0.0549. The van der Waals surface area contributed by atoms with E-state index in [1.54, 1.807) is 12.1 Å². The van der Waals surface area contributed by atoms with Crippen LogP contribution in [0.4, 0.5) is 0 Å². The third-order valence-corrected chi connectivity index (χ3v) is 9.52. The van der Waals surface area contributed by atoms with Crippen molar-refractivity contribution in [3.63, 3.8) is 0 Å². The second-order valence-electron chi connectivity index (χ2n) is 14.9. The molecular formula is C44H73N3O11. The number of carboxylic acids is 1. The molecule has 0 aliphatic heterocycles. The van der Waals surface area contributed by atoms with Crippen molar-refractivity contribution < 1.29 is 52.8 Å². The van der Waals surface area contributed by atoms with Crippen LogP contribution in [0.5, 0.6) is 0 Å². The summed E-state index contributed by atoms with van der Waals surface area (Å²) in [5, 5.41) is 14.1. The molecule has 0 spiro atoms. The number of unbranched alkanes of at least 4 members (excludes halogenated alkanes) is 12. The SMILES string of the molecule is Cc1ccc(C(=O)NCCCCC(NC(=O)COCCOCCCC(=O)COCCOCCCC(=O)CCCCCCCCCCCCCCC(=O)O)C(N)=O)cc1. The Morgan fingerprint density at radius 3 is 1.60 bits per heavy atom. The zero-order valence-electron chi connectivity index (χ0n) is 35.2. The van der Waals surface area contributed by atoms with Crippen LogP contribution >= 0.6 is 0 Å². The van der Waals surface area contributed by atoms with Crippen LogP contribution in [0.15, 0.2) is 24.3 Å². The third-order valence-electron chi connectivity index (χ3n) is 9.52. The van der Waals surface area contributed by atoms with Crippen LogP contribution in [0, 0.1) is 6.92 Å². The van der Waals surface area contributed by atoms with Gasteiger partial charge in [-0.1, -0.05) is 81.9 Å². The number of ether oxygens (including phenoxy) is 4. The fourth-order valence-electron chi connectivity index (χ4n) is 6.10. The number of carbonyl (C=O) groups excluding carboxylic acids is 5. The van der Waals surface area contributed by atoms with E-state index in [1.807, 2.05) is 19.1 Å². The Kier molecular flexibility index (Phi) is 32.8. The van der Waals surface area contributed by atoms with E-state index >= 15 is 0 Å². The van der Waals surface area contributed by atoms with Crippen molar-refractivity contribution in [1.82, 2.24) is 10.6 Å². The average molecular weight is 820 g/mol. The number of amides is 3. The number of aliphatic carboxylic acids is 1. The topological polar surface area (TPSA) is 210 Å². The Hall–Kier alpha value is -3.72. The second-order valence-corrected chi connectivity index (χ2v) is 14.9. The lowest BCUT2D eigenvalue weighted by Crippen LogP contribution is -2.45. The second kappa shape index (κ2) is 36.4. The highest BCUT2D eigenvalue weighted by Gasteiger charge is 2.18. The molecular weight excluding hydrogens is 746 g/mol. The van der Waals surface area contributed by atoms with E-state index in [0.29, 0.717) is 89.9 Å². The summed E-state index contributed by atoms with van der Waals surface area (Å²) in [4.78, 5) is 70.9. The third kappa shape index (κ3) is 32.3. The van der Waals surface area contributed by atoms with Crippen molar-refractivity contribution in [3.05, 3.63) is 35.4 Å². The van der Waals surface area contributed by atoms with Gasteiger partial charge >= 0.3 is 5.97 Å². The first kappa shape index (κ1) is 52.3. The highest BCUT2D eigenvalue weighted by atomic mass is 16.5. The van der Waals surface area contributed by atoms with Crippen LogP contribution in [0.25, 0.3) is 0 Å². The highest BCUT2D eigenvalue weighted by Crippen LogP contribution is 2.14. The molecule has 0 aliphatic carbocycles. The number of hydrogen-bond acceptors (Lipinski definition) is 10. The molecule has 5 N–H and O–H groups in total. The van der Waals surface area contributed by atoms with Gasteiger partial charge < -0.3 is 40.4 Å². The lowest BCUT2D eigenvalue weighted by molar-refractivity contribution is -0.137. The Bertz CT molecular complexity index is 1280. The minimum absolute atomic E-state index is 0.00846. The van der Waals surface area contributed by atoms with Crippen LogP contribution < -0.4 is 16.4 Å². The summed E-state index contributed by atoms with van der Waals surface area (Å²) < 4.78 is 21.7. The zero-order valence-corrected chi connectivity index (χ0v) is 35.2. The first-order valence-corrected chi connectivity index (χ1v) is 21.6. The average Bonchev–Trinajstić information content (AvgIpc) is 3.19. The lowest BCUT2D eigenvalue weighted by atomic mass is 10.0. The molecule has 0 radical (unpaired) electrons. The normalized spacial score (nSPS) is 11.6. The first-order chi connectivity index (χ1) is 28.1. The number of rotatable bonds is 41. The van der Waals surface area contributed by atoms with E-state index in [0.717, 1.165) is 37.7 Å². The summed E-state index contributed by atoms with van der Waals surface area (Å²) in [5.41, 5.74) is 7.10. The minimum atomic E-state index is -0.832. The Balaban J connectivity index is 1.87. The van der Waals surface area contributed by atoms with Gasteiger partial charge in [0, 0.05) is 51.0 Å². The van der Waals surface area contributed by atoms with Gasteiger partial charge in [-0.05, 0) is 64.0 Å². The van der Waals surface area contributed by atoms with Crippen molar-refractivity contribution in [2.45, 2.75) is 148 Å². The lowest BCUT2D eigenvalue weighted by Gasteiger charge is -2.15. The van der Waals surface area contributed by atoms with Crippen molar-refractivity contribution in [2.75, 3.05) is 59.4 Å². The van der Waals surface area contributed by atoms with Gasteiger partial charge in [0.1, 0.15) is 25.0 Å². The largest absolute Gasteiger partial charge is 0.481 e. The number of aryl methyl sites for hydroxylation is 1.